The van der Waals surface area contributed by atoms with Crippen LogP contribution in [-0.4, -0.2) is 391 Å². The number of carbonyl (C=O) groups excluding carboxylic acids is 3. The van der Waals surface area contributed by atoms with Crippen molar-refractivity contribution in [3.05, 3.63) is 0 Å². The van der Waals surface area contributed by atoms with Gasteiger partial charge in [-0.05, 0) is 6.92 Å². The summed E-state index contributed by atoms with van der Waals surface area (Å²) in [6.07, 6.45) is -64.1. The molecule has 0 aliphatic carbocycles. The van der Waals surface area contributed by atoms with Crippen molar-refractivity contribution in [2.75, 3.05) is 39.6 Å². The molecule has 92 heavy (non-hydrogen) atoms. The second kappa shape index (κ2) is 32.3. The molecule has 41 heteroatoms. The van der Waals surface area contributed by atoms with Gasteiger partial charge in [-0.2, -0.15) is 0 Å². The van der Waals surface area contributed by atoms with Crippen molar-refractivity contribution in [2.24, 2.45) is 0 Å². The summed E-state index contributed by atoms with van der Waals surface area (Å²) in [4.78, 5) is 50.4. The normalized spacial score (nSPS) is 47.6. The minimum Gasteiger partial charge on any atom is -0.477 e. The lowest BCUT2D eigenvalue weighted by Crippen LogP contribution is -2.71. The number of rotatable bonds is 24. The Kier molecular flexibility index (Phi) is 26.6. The molecule has 0 aromatic heterocycles. The predicted molar refractivity (Wildman–Crippen MR) is 282 cm³/mol. The monoisotopic (exact) mass is 1350 g/mol. The smallest absolute Gasteiger partial charge is 0.364 e. The fourth-order valence-corrected chi connectivity index (χ4v) is 11.6. The molecule has 36 atom stereocenters. The van der Waals surface area contributed by atoms with Crippen LogP contribution in [0.2, 0.25) is 0 Å². The molecule has 24 N–H and O–H groups in total. The van der Waals surface area contributed by atoms with E-state index in [1.807, 2.05) is 0 Å². The third-order valence-electron chi connectivity index (χ3n) is 16.7. The Bertz CT molecular complexity index is 2400. The molecule has 0 spiro atoms. The number of carboxylic acids is 1. The zero-order chi connectivity index (χ0) is 68.3. The van der Waals surface area contributed by atoms with Crippen LogP contribution >= 0.6 is 0 Å². The molecule has 7 saturated heterocycles. The first-order valence-electron chi connectivity index (χ1n) is 29.1. The predicted octanol–water partition coefficient (Wildman–Crippen LogP) is -15.6. The first-order chi connectivity index (χ1) is 43.2. The summed E-state index contributed by atoms with van der Waals surface area (Å²) in [7, 11) is 0. The Morgan fingerprint density at radius 2 is 0.913 bits per heavy atom. The van der Waals surface area contributed by atoms with Crippen molar-refractivity contribution < 1.29 is 188 Å². The van der Waals surface area contributed by atoms with E-state index >= 15 is 0 Å². The number of aliphatic carboxylic acids is 1. The van der Waals surface area contributed by atoms with E-state index in [1.54, 1.807) is 0 Å². The quantitative estimate of drug-likeness (QED) is 0.0427. The standard InChI is InChI=1S/C51H85N3O38/c1-12-26(64)32(70)36(74)47(82-12)90-42-25(54-15(4)61)46(86-20(9-58)40(42)89-48-37(75)33(71)28(66)18(7-56)84-48)91-43-35(73)30(68)21(83-44(43)77)10-80-45-24(53-14(3)60)31(69)39(19(8-57)85-45)88-49-38(76)34(72)29(67)22(87-49)11-81-51(50(78)79)5-16(62)23(52-13(2)59)41(92-51)27(65)17(63)6-55/h12,16-49,55-58,62-77H,5-11H2,1-4H3,(H,52,59)(H,53,60)(H,54,61)(H,78,79)/t12-,16-,17+,18+,19+,20+,21+,22+,23+,24+,25+,26+,27+,28-,29-,30+,31+,32+,33-,34-,35-,36-,37+,38+,39+,40+,41+,42+,43-,44-,45+,46-,47-,48-,49-,51+/m0/s1. The number of hydrogen-bond acceptors (Lipinski definition) is 37. The SMILES string of the molecule is CC(=O)N[C@H]1[C@H](OC[C@H]2O[C@H](O)[C@@H](O[C@@H]3O[C@H](CO)[C@@H](O[C@@H]4O[C@H](CO)[C@H](O)[C@H](O)[C@H]4O)[C@H](O[C@@H]4O[C@@H](C)[C@@H](O)[C@@H](O)[C@@H]4O)[C@H]3NC(C)=O)[C@@H](O)[C@@H]2O)O[C@H](CO)[C@@H](O[C@@H]2O[C@H](CO[C@]3(C(=O)O)C[C@H](O)[C@@H](NC(C)=O)[C@H]([C@H](O)[C@H](O)CO)O3)[C@H](O)[C@H](O)[C@H]2O)[C@@H]1O. The Morgan fingerprint density at radius 3 is 1.47 bits per heavy atom. The van der Waals surface area contributed by atoms with Crippen molar-refractivity contribution in [1.82, 2.24) is 16.0 Å². The van der Waals surface area contributed by atoms with E-state index in [1.165, 1.54) is 6.92 Å². The molecule has 41 nitrogen and oxygen atoms in total. The van der Waals surface area contributed by atoms with Crippen molar-refractivity contribution in [3.8, 4) is 0 Å². The summed E-state index contributed by atoms with van der Waals surface area (Å²) in [5.41, 5.74) is 0. The number of aliphatic hydroxyl groups excluding tert-OH is 20. The van der Waals surface area contributed by atoms with E-state index in [0.717, 1.165) is 20.8 Å². The van der Waals surface area contributed by atoms with Crippen molar-refractivity contribution >= 4 is 23.7 Å². The maximum Gasteiger partial charge on any atom is 0.364 e. The second-order valence-corrected chi connectivity index (χ2v) is 23.3. The van der Waals surface area contributed by atoms with Crippen LogP contribution in [0.15, 0.2) is 0 Å². The highest BCUT2D eigenvalue weighted by Crippen LogP contribution is 2.39. The largest absolute Gasteiger partial charge is 0.477 e. The molecule has 0 aromatic rings. The summed E-state index contributed by atoms with van der Waals surface area (Å²) < 4.78 is 75.1. The lowest BCUT2D eigenvalue weighted by molar-refractivity contribution is -0.388. The second-order valence-electron chi connectivity index (χ2n) is 23.3. The van der Waals surface area contributed by atoms with Gasteiger partial charge in [-0.3, -0.25) is 14.4 Å². The van der Waals surface area contributed by atoms with Gasteiger partial charge in [-0.25, -0.2) is 4.79 Å². The average Bonchev–Trinajstić information content (AvgIpc) is 0.793. The molecule has 0 bridgehead atoms. The third kappa shape index (κ3) is 16.6. The number of nitrogens with one attached hydrogen (secondary N) is 3. The Balaban J connectivity index is 1.05. The summed E-state index contributed by atoms with van der Waals surface area (Å²) in [6.45, 7) is -2.00. The molecular formula is C51H85N3O38. The number of aliphatic hydroxyl groups is 20. The highest BCUT2D eigenvalue weighted by Gasteiger charge is 2.60. The van der Waals surface area contributed by atoms with Crippen LogP contribution in [0, 0.1) is 0 Å². The van der Waals surface area contributed by atoms with Crippen LogP contribution in [0.1, 0.15) is 34.1 Å². The van der Waals surface area contributed by atoms with Gasteiger partial charge in [-0.1, -0.05) is 0 Å². The molecule has 0 unspecified atom stereocenters. The number of amides is 3. The van der Waals surface area contributed by atoms with E-state index < -0.39 is 290 Å². The molecule has 0 saturated carbocycles. The van der Waals surface area contributed by atoms with Gasteiger partial charge in [0, 0.05) is 27.2 Å². The lowest BCUT2D eigenvalue weighted by atomic mass is 9.88. The molecule has 532 valence electrons. The maximum atomic E-state index is 12.9. The van der Waals surface area contributed by atoms with Gasteiger partial charge in [0.2, 0.25) is 17.7 Å². The average molecular weight is 1350 g/mol. The minimum absolute atomic E-state index is 0.796. The zero-order valence-corrected chi connectivity index (χ0v) is 49.5. The van der Waals surface area contributed by atoms with Crippen LogP contribution in [0.4, 0.5) is 0 Å². The summed E-state index contributed by atoms with van der Waals surface area (Å²) in [5.74, 6) is -7.53. The topological polar surface area (TPSA) is 649 Å². The molecule has 0 aromatic carbocycles. The van der Waals surface area contributed by atoms with Crippen LogP contribution in [-0.2, 0) is 80.8 Å². The van der Waals surface area contributed by atoms with Gasteiger partial charge in [0.1, 0.15) is 159 Å². The molecule has 7 heterocycles. The number of carbonyl (C=O) groups is 4. The number of ether oxygens (including phenoxy) is 13. The summed E-state index contributed by atoms with van der Waals surface area (Å²) in [6, 6.07) is -5.19. The van der Waals surface area contributed by atoms with E-state index in [-0.39, 0.29) is 0 Å². The van der Waals surface area contributed by atoms with E-state index in [2.05, 4.69) is 16.0 Å². The Labute approximate surface area is 520 Å². The molecule has 0 radical (unpaired) electrons. The van der Waals surface area contributed by atoms with Crippen molar-refractivity contribution in [3.63, 3.8) is 0 Å². The van der Waals surface area contributed by atoms with Crippen LogP contribution in [0.25, 0.3) is 0 Å². The minimum atomic E-state index is -2.99. The number of hydrogen-bond donors (Lipinski definition) is 24. The van der Waals surface area contributed by atoms with E-state index in [4.69, 9.17) is 61.6 Å². The van der Waals surface area contributed by atoms with Crippen LogP contribution < -0.4 is 16.0 Å². The first-order valence-corrected chi connectivity index (χ1v) is 29.1. The van der Waals surface area contributed by atoms with E-state index in [9.17, 15) is 126 Å². The maximum absolute atomic E-state index is 12.9. The summed E-state index contributed by atoms with van der Waals surface area (Å²) in [5, 5.41) is 234. The zero-order valence-electron chi connectivity index (χ0n) is 49.5. The molecule has 7 fully saturated rings. The highest BCUT2D eigenvalue weighted by atomic mass is 16.8. The van der Waals surface area contributed by atoms with Gasteiger partial charge in [-0.15, -0.1) is 0 Å². The Morgan fingerprint density at radius 1 is 0.467 bits per heavy atom. The van der Waals surface area contributed by atoms with Gasteiger partial charge in [0.25, 0.3) is 5.79 Å². The highest BCUT2D eigenvalue weighted by molar-refractivity contribution is 5.77. The fraction of sp³-hybridized carbons (Fsp3) is 0.922. The van der Waals surface area contributed by atoms with Crippen molar-refractivity contribution in [1.29, 1.82) is 0 Å². The molecule has 3 amide bonds. The number of carboxylic acid groups (broad SMARTS) is 1. The lowest BCUT2D eigenvalue weighted by Gasteiger charge is -2.51. The van der Waals surface area contributed by atoms with Gasteiger partial charge < -0.3 is 185 Å². The third-order valence-corrected chi connectivity index (χ3v) is 16.7. The van der Waals surface area contributed by atoms with Crippen LogP contribution in [0.3, 0.4) is 0 Å². The fourth-order valence-electron chi connectivity index (χ4n) is 11.6. The molecule has 7 aliphatic rings. The van der Waals surface area contributed by atoms with Gasteiger partial charge >= 0.3 is 5.97 Å². The van der Waals surface area contributed by atoms with Crippen LogP contribution in [0.5, 0.6) is 0 Å². The molecule has 7 rings (SSSR count). The Hall–Kier alpha value is -3.44. The first kappa shape index (κ1) is 75.9. The van der Waals surface area contributed by atoms with E-state index in [0.29, 0.717) is 0 Å². The van der Waals surface area contributed by atoms with Gasteiger partial charge in [0.05, 0.1) is 57.9 Å². The molecular weight excluding hydrogens is 1260 g/mol. The van der Waals surface area contributed by atoms with Crippen molar-refractivity contribution in [2.45, 2.75) is 254 Å². The summed E-state index contributed by atoms with van der Waals surface area (Å²) >= 11 is 0. The van der Waals surface area contributed by atoms with Gasteiger partial charge in [0.15, 0.2) is 37.7 Å². The molecule has 7 aliphatic heterocycles.